The Morgan fingerprint density at radius 1 is 1.35 bits per heavy atom. The van der Waals surface area contributed by atoms with Crippen molar-refractivity contribution >= 4 is 0 Å². The van der Waals surface area contributed by atoms with Gasteiger partial charge in [0.15, 0.2) is 5.82 Å². The fourth-order valence-corrected chi connectivity index (χ4v) is 1.83. The Kier molecular flexibility index (Phi) is 3.19. The predicted molar refractivity (Wildman–Crippen MR) is 63.7 cm³/mol. The van der Waals surface area contributed by atoms with E-state index in [0.717, 1.165) is 5.56 Å². The summed E-state index contributed by atoms with van der Waals surface area (Å²) in [6.07, 6.45) is 0. The lowest BCUT2D eigenvalue weighted by Gasteiger charge is -2.07. The van der Waals surface area contributed by atoms with Crippen LogP contribution >= 0.6 is 0 Å². The van der Waals surface area contributed by atoms with Crippen LogP contribution in [0.1, 0.15) is 18.3 Å². The Morgan fingerprint density at radius 3 is 2.76 bits per heavy atom. The molecule has 2 rings (SSSR count). The van der Waals surface area contributed by atoms with Crippen LogP contribution in [0.15, 0.2) is 18.2 Å². The van der Waals surface area contributed by atoms with E-state index in [1.54, 1.807) is 12.1 Å². The fraction of sp³-hybridized carbons (Fsp3) is 0.333. The fourth-order valence-electron chi connectivity index (χ4n) is 1.83. The Balaban J connectivity index is 2.59. The summed E-state index contributed by atoms with van der Waals surface area (Å²) in [5.41, 5.74) is 7.03. The zero-order chi connectivity index (χ0) is 12.4. The molecule has 2 aromatic rings. The Morgan fingerprint density at radius 2 is 2.12 bits per heavy atom. The third-order valence-corrected chi connectivity index (χ3v) is 2.69. The van der Waals surface area contributed by atoms with Crippen molar-refractivity contribution in [3.05, 3.63) is 35.4 Å². The van der Waals surface area contributed by atoms with Crippen molar-refractivity contribution < 1.29 is 4.39 Å². The number of nitrogens with two attached hydrogens (primary N) is 1. The van der Waals surface area contributed by atoms with E-state index >= 15 is 0 Å². The molecule has 4 nitrogen and oxygen atoms in total. The summed E-state index contributed by atoms with van der Waals surface area (Å²) in [7, 11) is 0. The number of nitrogens with zero attached hydrogens (tertiary/aromatic N) is 3. The van der Waals surface area contributed by atoms with Gasteiger partial charge in [-0.05, 0) is 26.0 Å². The van der Waals surface area contributed by atoms with Crippen molar-refractivity contribution in [3.63, 3.8) is 0 Å². The van der Waals surface area contributed by atoms with E-state index in [-0.39, 0.29) is 5.82 Å². The van der Waals surface area contributed by atoms with Gasteiger partial charge in [0.05, 0.1) is 12.1 Å². The molecule has 0 atom stereocenters. The minimum absolute atomic E-state index is 0.290. The molecule has 0 aliphatic rings. The molecule has 1 aromatic heterocycles. The smallest absolute Gasteiger partial charge is 0.166 e. The zero-order valence-electron chi connectivity index (χ0n) is 9.94. The van der Waals surface area contributed by atoms with E-state index < -0.39 is 0 Å². The monoisotopic (exact) mass is 234 g/mol. The van der Waals surface area contributed by atoms with Gasteiger partial charge in [-0.2, -0.15) is 0 Å². The van der Waals surface area contributed by atoms with E-state index in [0.29, 0.717) is 30.3 Å². The van der Waals surface area contributed by atoms with Gasteiger partial charge in [-0.25, -0.2) is 4.39 Å². The Labute approximate surface area is 99.3 Å². The van der Waals surface area contributed by atoms with Crippen LogP contribution in [0.3, 0.4) is 0 Å². The summed E-state index contributed by atoms with van der Waals surface area (Å²) in [5, 5.41) is 8.00. The molecule has 17 heavy (non-hydrogen) atoms. The van der Waals surface area contributed by atoms with Crippen molar-refractivity contribution in [2.24, 2.45) is 5.73 Å². The van der Waals surface area contributed by atoms with Crippen LogP contribution in [0.2, 0.25) is 0 Å². The maximum absolute atomic E-state index is 13.8. The highest BCUT2D eigenvalue weighted by molar-refractivity contribution is 5.57. The number of benzene rings is 1. The molecule has 0 radical (unpaired) electrons. The van der Waals surface area contributed by atoms with Gasteiger partial charge in [0, 0.05) is 6.54 Å². The van der Waals surface area contributed by atoms with E-state index in [2.05, 4.69) is 10.2 Å². The molecule has 1 heterocycles. The number of aromatic nitrogens is 3. The number of hydrogen-bond acceptors (Lipinski definition) is 3. The maximum atomic E-state index is 13.8. The van der Waals surface area contributed by atoms with Crippen molar-refractivity contribution in [2.45, 2.75) is 26.9 Å². The highest BCUT2D eigenvalue weighted by Gasteiger charge is 2.15. The normalized spacial score (nSPS) is 10.8. The largest absolute Gasteiger partial charge is 0.324 e. The van der Waals surface area contributed by atoms with Crippen LogP contribution in [0.25, 0.3) is 11.4 Å². The van der Waals surface area contributed by atoms with Crippen LogP contribution in [0, 0.1) is 12.7 Å². The summed E-state index contributed by atoms with van der Waals surface area (Å²) < 4.78 is 15.6. The summed E-state index contributed by atoms with van der Waals surface area (Å²) in [5.74, 6) is 0.916. The maximum Gasteiger partial charge on any atom is 0.166 e. The van der Waals surface area contributed by atoms with E-state index in [9.17, 15) is 4.39 Å². The second-order valence-electron chi connectivity index (χ2n) is 3.87. The first-order valence-electron chi connectivity index (χ1n) is 5.56. The minimum atomic E-state index is -0.290. The molecule has 0 amide bonds. The molecule has 1 aromatic carbocycles. The van der Waals surface area contributed by atoms with Crippen LogP contribution in [0.4, 0.5) is 4.39 Å². The zero-order valence-corrected chi connectivity index (χ0v) is 9.94. The molecule has 0 saturated carbocycles. The average molecular weight is 234 g/mol. The van der Waals surface area contributed by atoms with Crippen molar-refractivity contribution in [3.8, 4) is 11.4 Å². The van der Waals surface area contributed by atoms with Gasteiger partial charge in [-0.15, -0.1) is 10.2 Å². The highest BCUT2D eigenvalue weighted by Crippen LogP contribution is 2.23. The molecule has 0 aliphatic heterocycles. The van der Waals surface area contributed by atoms with Gasteiger partial charge in [0.1, 0.15) is 11.6 Å². The predicted octanol–water partition coefficient (Wildman–Crippen LogP) is 1.87. The average Bonchev–Trinajstić information content (AvgIpc) is 2.74. The van der Waals surface area contributed by atoms with E-state index in [1.807, 2.05) is 18.4 Å². The van der Waals surface area contributed by atoms with Crippen LogP contribution in [-0.2, 0) is 13.1 Å². The lowest BCUT2D eigenvalue weighted by molar-refractivity contribution is 0.625. The second-order valence-corrected chi connectivity index (χ2v) is 3.87. The molecule has 90 valence electrons. The van der Waals surface area contributed by atoms with Gasteiger partial charge >= 0.3 is 0 Å². The van der Waals surface area contributed by atoms with E-state index in [4.69, 9.17) is 5.73 Å². The molecule has 0 bridgehead atoms. The molecule has 0 fully saturated rings. The minimum Gasteiger partial charge on any atom is -0.324 e. The van der Waals surface area contributed by atoms with Gasteiger partial charge in [0.2, 0.25) is 0 Å². The summed E-state index contributed by atoms with van der Waals surface area (Å²) in [6, 6.07) is 4.95. The highest BCUT2D eigenvalue weighted by atomic mass is 19.1. The van der Waals surface area contributed by atoms with Crippen LogP contribution in [-0.4, -0.2) is 14.8 Å². The van der Waals surface area contributed by atoms with Gasteiger partial charge < -0.3 is 10.3 Å². The number of hydrogen-bond donors (Lipinski definition) is 1. The third kappa shape index (κ3) is 2.06. The van der Waals surface area contributed by atoms with Crippen LogP contribution < -0.4 is 5.73 Å². The van der Waals surface area contributed by atoms with Gasteiger partial charge in [-0.1, -0.05) is 11.6 Å². The molecule has 0 unspecified atom stereocenters. The second kappa shape index (κ2) is 4.63. The first-order chi connectivity index (χ1) is 8.17. The quantitative estimate of drug-likeness (QED) is 0.882. The summed E-state index contributed by atoms with van der Waals surface area (Å²) in [4.78, 5) is 0. The SMILES string of the molecule is CCn1c(CN)nnc1-c1cc(C)ccc1F. The van der Waals surface area contributed by atoms with Crippen LogP contribution in [0.5, 0.6) is 0 Å². The number of halogens is 1. The number of aryl methyl sites for hydroxylation is 1. The van der Waals surface area contributed by atoms with Crippen molar-refractivity contribution in [1.82, 2.24) is 14.8 Å². The standard InChI is InChI=1S/C12H15FN4/c1-3-17-11(7-14)15-16-12(17)9-6-8(2)4-5-10(9)13/h4-6H,3,7,14H2,1-2H3. The third-order valence-electron chi connectivity index (χ3n) is 2.69. The molecular formula is C12H15FN4. The summed E-state index contributed by atoms with van der Waals surface area (Å²) in [6.45, 7) is 4.84. The molecule has 0 saturated heterocycles. The van der Waals surface area contributed by atoms with E-state index in [1.165, 1.54) is 6.07 Å². The molecular weight excluding hydrogens is 219 g/mol. The van der Waals surface area contributed by atoms with Crippen molar-refractivity contribution in [2.75, 3.05) is 0 Å². The van der Waals surface area contributed by atoms with Crippen molar-refractivity contribution in [1.29, 1.82) is 0 Å². The first kappa shape index (κ1) is 11.7. The molecule has 5 heteroatoms. The molecule has 0 aliphatic carbocycles. The van der Waals surface area contributed by atoms with Gasteiger partial charge in [-0.3, -0.25) is 0 Å². The summed E-state index contributed by atoms with van der Waals surface area (Å²) >= 11 is 0. The molecule has 0 spiro atoms. The topological polar surface area (TPSA) is 56.7 Å². The Bertz CT molecular complexity index is 533. The first-order valence-corrected chi connectivity index (χ1v) is 5.56. The lowest BCUT2D eigenvalue weighted by atomic mass is 10.1. The molecule has 2 N–H and O–H groups in total. The Hall–Kier alpha value is -1.75. The number of rotatable bonds is 3. The van der Waals surface area contributed by atoms with Gasteiger partial charge in [0.25, 0.3) is 0 Å². The lowest BCUT2D eigenvalue weighted by Crippen LogP contribution is -2.08.